The highest BCUT2D eigenvalue weighted by molar-refractivity contribution is 5.93. The van der Waals surface area contributed by atoms with E-state index in [1.807, 2.05) is 0 Å². The Balaban J connectivity index is 2.18. The number of pyridine rings is 1. The summed E-state index contributed by atoms with van der Waals surface area (Å²) in [5.74, 6) is 0.949. The van der Waals surface area contributed by atoms with Crippen LogP contribution in [0, 0.1) is 17.0 Å². The maximum atomic E-state index is 11.5. The number of nitrogens with zero attached hydrogens (tertiary/aromatic N) is 2. The van der Waals surface area contributed by atoms with Gasteiger partial charge in [-0.1, -0.05) is 6.92 Å². The highest BCUT2D eigenvalue weighted by Crippen LogP contribution is 2.27. The van der Waals surface area contributed by atoms with Crippen molar-refractivity contribution in [1.82, 2.24) is 4.98 Å². The Morgan fingerprint density at radius 3 is 2.62 bits per heavy atom. The van der Waals surface area contributed by atoms with Crippen molar-refractivity contribution in [1.29, 1.82) is 0 Å². The number of ether oxygens (including phenoxy) is 1. The van der Waals surface area contributed by atoms with E-state index in [1.54, 1.807) is 32.0 Å². The van der Waals surface area contributed by atoms with E-state index in [0.29, 0.717) is 29.2 Å². The van der Waals surface area contributed by atoms with Crippen LogP contribution in [0.2, 0.25) is 0 Å². The highest BCUT2D eigenvalue weighted by Gasteiger charge is 2.10. The van der Waals surface area contributed by atoms with Gasteiger partial charge in [0.25, 0.3) is 5.69 Å². The van der Waals surface area contributed by atoms with Gasteiger partial charge in [-0.25, -0.2) is 4.98 Å². The van der Waals surface area contributed by atoms with E-state index in [1.165, 1.54) is 18.3 Å². The monoisotopic (exact) mass is 286 g/mol. The van der Waals surface area contributed by atoms with Gasteiger partial charge in [-0.15, -0.1) is 0 Å². The van der Waals surface area contributed by atoms with Crippen molar-refractivity contribution in [2.75, 3.05) is 0 Å². The number of hydrogen-bond acceptors (Lipinski definition) is 5. The fraction of sp³-hybridized carbons (Fsp3) is 0.200. The first-order chi connectivity index (χ1) is 10.0. The minimum atomic E-state index is -0.455. The van der Waals surface area contributed by atoms with Crippen LogP contribution in [0.5, 0.6) is 11.5 Å². The second kappa shape index (κ2) is 6.13. The molecule has 1 aromatic carbocycles. The molecular weight excluding hydrogens is 272 g/mol. The van der Waals surface area contributed by atoms with Gasteiger partial charge in [0.15, 0.2) is 5.78 Å². The van der Waals surface area contributed by atoms with Gasteiger partial charge in [-0.3, -0.25) is 14.9 Å². The minimum absolute atomic E-state index is 0.0156. The van der Waals surface area contributed by atoms with Gasteiger partial charge in [0.1, 0.15) is 17.2 Å². The first kappa shape index (κ1) is 14.6. The zero-order chi connectivity index (χ0) is 15.4. The maximum absolute atomic E-state index is 11.5. The van der Waals surface area contributed by atoms with Crippen LogP contribution in [0.25, 0.3) is 0 Å². The SMILES string of the molecule is CCC(=O)c1ccc(Oc2ccc([N+](=O)[O-])cc2C)cn1. The Kier molecular flexibility index (Phi) is 4.27. The number of benzene rings is 1. The Labute approximate surface area is 121 Å². The van der Waals surface area contributed by atoms with Crippen LogP contribution >= 0.6 is 0 Å². The van der Waals surface area contributed by atoms with Gasteiger partial charge in [0.2, 0.25) is 0 Å². The molecule has 0 unspecified atom stereocenters. The molecule has 0 spiro atoms. The molecule has 0 fully saturated rings. The van der Waals surface area contributed by atoms with E-state index >= 15 is 0 Å². The van der Waals surface area contributed by atoms with Gasteiger partial charge in [0.05, 0.1) is 11.1 Å². The molecular formula is C15H14N2O4. The molecule has 0 aliphatic rings. The van der Waals surface area contributed by atoms with Crippen LogP contribution in [-0.2, 0) is 0 Å². The lowest BCUT2D eigenvalue weighted by Crippen LogP contribution is -1.99. The van der Waals surface area contributed by atoms with Crippen LogP contribution in [0.1, 0.15) is 29.4 Å². The summed E-state index contributed by atoms with van der Waals surface area (Å²) in [7, 11) is 0. The molecule has 6 nitrogen and oxygen atoms in total. The van der Waals surface area contributed by atoms with Crippen molar-refractivity contribution in [3.63, 3.8) is 0 Å². The smallest absolute Gasteiger partial charge is 0.269 e. The number of ketones is 1. The number of nitro benzene ring substituents is 1. The Hall–Kier alpha value is -2.76. The summed E-state index contributed by atoms with van der Waals surface area (Å²) in [6.45, 7) is 3.50. The minimum Gasteiger partial charge on any atom is -0.455 e. The molecule has 0 bridgehead atoms. The van der Waals surface area contributed by atoms with E-state index < -0.39 is 4.92 Å². The number of carbonyl (C=O) groups is 1. The summed E-state index contributed by atoms with van der Waals surface area (Å²) in [5, 5.41) is 10.7. The second-order valence-electron chi connectivity index (χ2n) is 4.46. The van der Waals surface area contributed by atoms with Crippen LogP contribution in [0.3, 0.4) is 0 Å². The summed E-state index contributed by atoms with van der Waals surface area (Å²) in [5.41, 5.74) is 1.06. The summed E-state index contributed by atoms with van der Waals surface area (Å²) in [6, 6.07) is 7.61. The van der Waals surface area contributed by atoms with Gasteiger partial charge in [0, 0.05) is 18.6 Å². The highest BCUT2D eigenvalue weighted by atomic mass is 16.6. The number of rotatable bonds is 5. The molecule has 0 atom stereocenters. The molecule has 1 heterocycles. The van der Waals surface area contributed by atoms with Crippen LogP contribution < -0.4 is 4.74 Å². The molecule has 0 saturated heterocycles. The number of hydrogen-bond donors (Lipinski definition) is 0. The maximum Gasteiger partial charge on any atom is 0.269 e. The third kappa shape index (κ3) is 3.42. The van der Waals surface area contributed by atoms with Gasteiger partial charge < -0.3 is 4.74 Å². The number of non-ortho nitro benzene ring substituents is 1. The summed E-state index contributed by atoms with van der Waals surface area (Å²) in [4.78, 5) is 25.7. The first-order valence-electron chi connectivity index (χ1n) is 6.43. The average Bonchev–Trinajstić information content (AvgIpc) is 2.49. The molecule has 108 valence electrons. The predicted molar refractivity (Wildman–Crippen MR) is 76.8 cm³/mol. The van der Waals surface area contributed by atoms with Crippen molar-refractivity contribution in [2.24, 2.45) is 0 Å². The Morgan fingerprint density at radius 1 is 1.33 bits per heavy atom. The summed E-state index contributed by atoms with van der Waals surface area (Å²) in [6.07, 6.45) is 1.86. The van der Waals surface area contributed by atoms with Crippen molar-refractivity contribution in [3.05, 3.63) is 57.9 Å². The second-order valence-corrected chi connectivity index (χ2v) is 4.46. The largest absolute Gasteiger partial charge is 0.455 e. The first-order valence-corrected chi connectivity index (χ1v) is 6.43. The van der Waals surface area contributed by atoms with Crippen molar-refractivity contribution >= 4 is 11.5 Å². The Morgan fingerprint density at radius 2 is 2.10 bits per heavy atom. The van der Waals surface area contributed by atoms with Gasteiger partial charge in [-0.2, -0.15) is 0 Å². The van der Waals surface area contributed by atoms with E-state index in [-0.39, 0.29) is 11.5 Å². The normalized spacial score (nSPS) is 10.2. The number of carbonyl (C=O) groups excluding carboxylic acids is 1. The van der Waals surface area contributed by atoms with E-state index in [4.69, 9.17) is 4.74 Å². The third-order valence-electron chi connectivity index (χ3n) is 2.94. The van der Waals surface area contributed by atoms with E-state index in [0.717, 1.165) is 0 Å². The van der Waals surface area contributed by atoms with Crippen molar-refractivity contribution < 1.29 is 14.5 Å². The summed E-state index contributed by atoms with van der Waals surface area (Å²) < 4.78 is 5.62. The quantitative estimate of drug-likeness (QED) is 0.475. The van der Waals surface area contributed by atoms with Crippen molar-refractivity contribution in [3.8, 4) is 11.5 Å². The molecule has 0 radical (unpaired) electrons. The van der Waals surface area contributed by atoms with Crippen LogP contribution in [-0.4, -0.2) is 15.7 Å². The van der Waals surface area contributed by atoms with Crippen LogP contribution in [0.4, 0.5) is 5.69 Å². The number of aryl methyl sites for hydroxylation is 1. The molecule has 2 aromatic rings. The van der Waals surface area contributed by atoms with E-state index in [9.17, 15) is 14.9 Å². The van der Waals surface area contributed by atoms with Crippen LogP contribution in [0.15, 0.2) is 36.5 Å². The predicted octanol–water partition coefficient (Wildman–Crippen LogP) is 3.68. The fourth-order valence-corrected chi connectivity index (χ4v) is 1.78. The molecule has 0 amide bonds. The Bertz CT molecular complexity index is 681. The topological polar surface area (TPSA) is 82.3 Å². The van der Waals surface area contributed by atoms with Gasteiger partial charge >= 0.3 is 0 Å². The zero-order valence-electron chi connectivity index (χ0n) is 11.7. The third-order valence-corrected chi connectivity index (χ3v) is 2.94. The lowest BCUT2D eigenvalue weighted by Gasteiger charge is -2.08. The van der Waals surface area contributed by atoms with Crippen molar-refractivity contribution in [2.45, 2.75) is 20.3 Å². The van der Waals surface area contributed by atoms with Gasteiger partial charge in [-0.05, 0) is 30.7 Å². The lowest BCUT2D eigenvalue weighted by molar-refractivity contribution is -0.384. The number of nitro groups is 1. The number of aromatic nitrogens is 1. The fourth-order valence-electron chi connectivity index (χ4n) is 1.78. The molecule has 0 aliphatic heterocycles. The average molecular weight is 286 g/mol. The lowest BCUT2D eigenvalue weighted by atomic mass is 10.2. The molecule has 1 aromatic heterocycles. The number of Topliss-reactive ketones (excluding diaryl/α,β-unsaturated/α-hetero) is 1. The molecule has 0 N–H and O–H groups in total. The molecule has 21 heavy (non-hydrogen) atoms. The molecule has 6 heteroatoms. The molecule has 2 rings (SSSR count). The standard InChI is InChI=1S/C15H14N2O4/c1-3-14(18)13-6-5-12(9-16-13)21-15-7-4-11(17(19)20)8-10(15)2/h4-9H,3H2,1-2H3. The molecule has 0 aliphatic carbocycles. The molecule has 0 saturated carbocycles. The summed E-state index contributed by atoms with van der Waals surface area (Å²) >= 11 is 0. The van der Waals surface area contributed by atoms with E-state index in [2.05, 4.69) is 4.98 Å². The zero-order valence-corrected chi connectivity index (χ0v) is 11.7.